The van der Waals surface area contributed by atoms with Crippen LogP contribution in [0.15, 0.2) is 23.2 Å². The maximum atomic E-state index is 5.60. The molecule has 31 heavy (non-hydrogen) atoms. The molecule has 2 unspecified atom stereocenters. The zero-order valence-corrected chi connectivity index (χ0v) is 19.9. The third-order valence-corrected chi connectivity index (χ3v) is 6.33. The van der Waals surface area contributed by atoms with Gasteiger partial charge in [-0.05, 0) is 42.4 Å². The van der Waals surface area contributed by atoms with Gasteiger partial charge in [-0.3, -0.25) is 9.89 Å². The summed E-state index contributed by atoms with van der Waals surface area (Å²) >= 11 is 0. The van der Waals surface area contributed by atoms with Gasteiger partial charge in [0.2, 0.25) is 0 Å². The minimum Gasteiger partial charge on any atom is -0.493 e. The van der Waals surface area contributed by atoms with E-state index < -0.39 is 0 Å². The van der Waals surface area contributed by atoms with Crippen molar-refractivity contribution in [3.8, 4) is 11.5 Å². The number of benzene rings is 1. The van der Waals surface area contributed by atoms with E-state index in [1.807, 2.05) is 13.1 Å². The van der Waals surface area contributed by atoms with E-state index in [9.17, 15) is 0 Å². The second kappa shape index (κ2) is 11.6. The Kier molecular flexibility index (Phi) is 8.84. The van der Waals surface area contributed by atoms with E-state index in [1.165, 1.54) is 18.4 Å². The van der Waals surface area contributed by atoms with Crippen LogP contribution in [-0.2, 0) is 4.74 Å². The molecule has 2 fully saturated rings. The van der Waals surface area contributed by atoms with Gasteiger partial charge in [0, 0.05) is 39.8 Å². The van der Waals surface area contributed by atoms with Gasteiger partial charge in [-0.1, -0.05) is 19.9 Å². The second-order valence-electron chi connectivity index (χ2n) is 8.94. The fourth-order valence-electron chi connectivity index (χ4n) is 4.81. The van der Waals surface area contributed by atoms with Gasteiger partial charge < -0.3 is 24.4 Å². The zero-order valence-electron chi connectivity index (χ0n) is 19.9. The summed E-state index contributed by atoms with van der Waals surface area (Å²) in [5.41, 5.74) is 1.21. The molecule has 7 heteroatoms. The van der Waals surface area contributed by atoms with Gasteiger partial charge in [0.25, 0.3) is 0 Å². The Morgan fingerprint density at radius 2 is 1.90 bits per heavy atom. The number of nitrogens with one attached hydrogen (secondary N) is 1. The molecule has 1 N–H and O–H groups in total. The fraction of sp³-hybridized carbons (Fsp3) is 0.708. The van der Waals surface area contributed by atoms with Crippen LogP contribution in [0.3, 0.4) is 0 Å². The number of guanidine groups is 1. The maximum Gasteiger partial charge on any atom is 0.193 e. The average Bonchev–Trinajstić information content (AvgIpc) is 3.24. The van der Waals surface area contributed by atoms with Crippen LogP contribution in [0.4, 0.5) is 0 Å². The second-order valence-corrected chi connectivity index (χ2v) is 8.94. The van der Waals surface area contributed by atoms with E-state index in [0.717, 1.165) is 75.2 Å². The number of hydrogen-bond acceptors (Lipinski definition) is 5. The molecular formula is C24H40N4O3. The summed E-state index contributed by atoms with van der Waals surface area (Å²) in [5, 5.41) is 3.67. The number of hydrogen-bond donors (Lipinski definition) is 1. The first kappa shape index (κ1) is 23.7. The third kappa shape index (κ3) is 6.26. The number of methoxy groups -OCH3 is 2. The summed E-state index contributed by atoms with van der Waals surface area (Å²) in [4.78, 5) is 9.50. The van der Waals surface area contributed by atoms with Crippen LogP contribution in [0.1, 0.15) is 38.3 Å². The van der Waals surface area contributed by atoms with Gasteiger partial charge in [0.05, 0.1) is 33.5 Å². The molecule has 0 bridgehead atoms. The molecule has 1 aromatic rings. The minimum absolute atomic E-state index is 0.203. The Labute approximate surface area is 187 Å². The Morgan fingerprint density at radius 3 is 2.55 bits per heavy atom. The lowest BCUT2D eigenvalue weighted by atomic mass is 9.97. The van der Waals surface area contributed by atoms with Crippen LogP contribution >= 0.6 is 0 Å². The molecule has 174 valence electrons. The summed E-state index contributed by atoms with van der Waals surface area (Å²) in [7, 11) is 5.25. The fourth-order valence-corrected chi connectivity index (χ4v) is 4.81. The number of nitrogens with zero attached hydrogens (tertiary/aromatic N) is 3. The molecule has 2 atom stereocenters. The molecule has 0 radical (unpaired) electrons. The predicted octanol–water partition coefficient (Wildman–Crippen LogP) is 3.02. The zero-order chi connectivity index (χ0) is 22.2. The SMILES string of the molecule is CN=C(NCC(c1ccc(OC)c(OC)c1)N1CCOCC1)N1CCC(CC(C)C)C1. The molecule has 3 rings (SSSR count). The molecular weight excluding hydrogens is 392 g/mol. The number of rotatable bonds is 8. The average molecular weight is 433 g/mol. The highest BCUT2D eigenvalue weighted by atomic mass is 16.5. The van der Waals surface area contributed by atoms with E-state index in [2.05, 4.69) is 46.1 Å². The largest absolute Gasteiger partial charge is 0.493 e. The highest BCUT2D eigenvalue weighted by Gasteiger charge is 2.28. The van der Waals surface area contributed by atoms with Crippen molar-refractivity contribution in [3.63, 3.8) is 0 Å². The summed E-state index contributed by atoms with van der Waals surface area (Å²) in [6.45, 7) is 10.9. The van der Waals surface area contributed by atoms with Crippen molar-refractivity contribution in [1.82, 2.24) is 15.1 Å². The number of likely N-dealkylation sites (tertiary alicyclic amines) is 1. The van der Waals surface area contributed by atoms with E-state index in [0.29, 0.717) is 0 Å². The van der Waals surface area contributed by atoms with Crippen molar-refractivity contribution >= 4 is 5.96 Å². The Hall–Kier alpha value is -1.99. The molecule has 0 spiro atoms. The first-order valence-electron chi connectivity index (χ1n) is 11.5. The molecule has 2 heterocycles. The molecule has 0 saturated carbocycles. The summed E-state index contributed by atoms with van der Waals surface area (Å²) in [6.07, 6.45) is 2.54. The number of morpholine rings is 1. The van der Waals surface area contributed by atoms with Gasteiger partial charge in [-0.2, -0.15) is 0 Å². The van der Waals surface area contributed by atoms with Crippen LogP contribution in [0, 0.1) is 11.8 Å². The molecule has 0 aromatic heterocycles. The first-order chi connectivity index (χ1) is 15.0. The summed E-state index contributed by atoms with van der Waals surface area (Å²) in [5.74, 6) is 4.03. The smallest absolute Gasteiger partial charge is 0.193 e. The molecule has 2 saturated heterocycles. The van der Waals surface area contributed by atoms with Gasteiger partial charge in [-0.25, -0.2) is 0 Å². The minimum atomic E-state index is 0.203. The Morgan fingerprint density at radius 1 is 1.16 bits per heavy atom. The van der Waals surface area contributed by atoms with Crippen LogP contribution < -0.4 is 14.8 Å². The van der Waals surface area contributed by atoms with E-state index >= 15 is 0 Å². The molecule has 0 amide bonds. The van der Waals surface area contributed by atoms with Crippen molar-refractivity contribution in [3.05, 3.63) is 23.8 Å². The topological polar surface area (TPSA) is 58.6 Å². The highest BCUT2D eigenvalue weighted by molar-refractivity contribution is 5.80. The van der Waals surface area contributed by atoms with E-state index in [1.54, 1.807) is 14.2 Å². The Balaban J connectivity index is 1.71. The molecule has 7 nitrogen and oxygen atoms in total. The van der Waals surface area contributed by atoms with Crippen molar-refractivity contribution in [1.29, 1.82) is 0 Å². The van der Waals surface area contributed by atoms with Gasteiger partial charge in [-0.15, -0.1) is 0 Å². The standard InChI is InChI=1S/C24H40N4O3/c1-18(2)14-19-8-9-28(17-19)24(25-3)26-16-21(27-10-12-31-13-11-27)20-6-7-22(29-4)23(15-20)30-5/h6-7,15,18-19,21H,8-14,16-17H2,1-5H3,(H,25,26). The highest BCUT2D eigenvalue weighted by Crippen LogP contribution is 2.32. The maximum absolute atomic E-state index is 5.60. The van der Waals surface area contributed by atoms with Gasteiger partial charge in [0.1, 0.15) is 0 Å². The summed E-state index contributed by atoms with van der Waals surface area (Å²) in [6, 6.07) is 6.43. The quantitative estimate of drug-likeness (QED) is 0.503. The van der Waals surface area contributed by atoms with Crippen molar-refractivity contribution in [2.75, 3.05) is 67.2 Å². The van der Waals surface area contributed by atoms with Crippen LogP contribution in [0.25, 0.3) is 0 Å². The van der Waals surface area contributed by atoms with Crippen LogP contribution in [0.5, 0.6) is 11.5 Å². The lowest BCUT2D eigenvalue weighted by Gasteiger charge is -2.36. The normalized spacial score (nSPS) is 21.4. The van der Waals surface area contributed by atoms with Crippen LogP contribution in [0.2, 0.25) is 0 Å². The summed E-state index contributed by atoms with van der Waals surface area (Å²) < 4.78 is 16.6. The van der Waals surface area contributed by atoms with Gasteiger partial charge in [0.15, 0.2) is 17.5 Å². The molecule has 1 aromatic carbocycles. The third-order valence-electron chi connectivity index (χ3n) is 6.33. The van der Waals surface area contributed by atoms with Crippen molar-refractivity contribution < 1.29 is 14.2 Å². The first-order valence-corrected chi connectivity index (χ1v) is 11.5. The van der Waals surface area contributed by atoms with E-state index in [4.69, 9.17) is 14.2 Å². The molecule has 0 aliphatic carbocycles. The molecule has 2 aliphatic rings. The Bertz CT molecular complexity index is 719. The number of aliphatic imine (C=N–C) groups is 1. The van der Waals surface area contributed by atoms with Crippen molar-refractivity contribution in [2.24, 2.45) is 16.8 Å². The van der Waals surface area contributed by atoms with E-state index in [-0.39, 0.29) is 6.04 Å². The lowest BCUT2D eigenvalue weighted by Crippen LogP contribution is -2.47. The van der Waals surface area contributed by atoms with Crippen LogP contribution in [-0.4, -0.2) is 83.0 Å². The van der Waals surface area contributed by atoms with Gasteiger partial charge >= 0.3 is 0 Å². The monoisotopic (exact) mass is 432 g/mol. The van der Waals surface area contributed by atoms with Crippen molar-refractivity contribution in [2.45, 2.75) is 32.7 Å². The predicted molar refractivity (Wildman–Crippen MR) is 125 cm³/mol. The lowest BCUT2D eigenvalue weighted by molar-refractivity contribution is 0.0168. The molecule has 2 aliphatic heterocycles. The number of ether oxygens (including phenoxy) is 3.